The number of ether oxygens (including phenoxy) is 1. The van der Waals surface area contributed by atoms with Crippen LogP contribution in [0.1, 0.15) is 10.4 Å². The van der Waals surface area contributed by atoms with Crippen molar-refractivity contribution in [2.45, 2.75) is 0 Å². The number of hydrogen-bond donors (Lipinski definition) is 0. The van der Waals surface area contributed by atoms with E-state index in [0.717, 1.165) is 0 Å². The van der Waals surface area contributed by atoms with Crippen LogP contribution in [0.15, 0.2) is 48.5 Å². The van der Waals surface area contributed by atoms with Gasteiger partial charge in [0.2, 0.25) is 0 Å². The van der Waals surface area contributed by atoms with Crippen molar-refractivity contribution in [1.29, 1.82) is 0 Å². The van der Waals surface area contributed by atoms with Crippen molar-refractivity contribution in [3.05, 3.63) is 59.9 Å². The van der Waals surface area contributed by atoms with Crippen LogP contribution in [0.4, 0.5) is 4.39 Å². The minimum absolute atomic E-state index is 0.353. The molecular weight excluding hydrogens is 358 g/mol. The average Bonchev–Trinajstić information content (AvgIpc) is 2.57. The minimum atomic E-state index is -2.69. The van der Waals surface area contributed by atoms with Gasteiger partial charge in [0.1, 0.15) is 17.3 Å². The molecule has 0 spiro atoms. The topological polar surface area (TPSA) is 44.8 Å². The summed E-state index contributed by atoms with van der Waals surface area (Å²) in [5, 5.41) is 0. The highest BCUT2D eigenvalue weighted by molar-refractivity contribution is 8.67. The standard InChI is InChI=1S/C15H14FO4PS2/c1-18-15(17)11-3-7-13(8-4-11)19-21(22,23-2)20-14-9-5-12(16)6-10-14/h3-10H,1-2H3. The molecule has 1 atom stereocenters. The molecule has 0 aromatic heterocycles. The first kappa shape index (κ1) is 17.8. The molecule has 0 amide bonds. The Hall–Kier alpha value is -1.56. The summed E-state index contributed by atoms with van der Waals surface area (Å²) in [6.07, 6.45) is 1.78. The third-order valence-electron chi connectivity index (χ3n) is 2.75. The van der Waals surface area contributed by atoms with Crippen LogP contribution < -0.4 is 9.05 Å². The van der Waals surface area contributed by atoms with E-state index in [1.54, 1.807) is 30.5 Å². The maximum absolute atomic E-state index is 12.9. The van der Waals surface area contributed by atoms with Crippen molar-refractivity contribution in [3.8, 4) is 11.5 Å². The summed E-state index contributed by atoms with van der Waals surface area (Å²) in [6, 6.07) is 12.0. The maximum atomic E-state index is 12.9. The van der Waals surface area contributed by atoms with Crippen LogP contribution >= 0.6 is 17.1 Å². The second-order valence-electron chi connectivity index (χ2n) is 4.28. The van der Waals surface area contributed by atoms with Gasteiger partial charge in [-0.15, -0.1) is 0 Å². The zero-order valence-electron chi connectivity index (χ0n) is 12.4. The fraction of sp³-hybridized carbons (Fsp3) is 0.133. The minimum Gasteiger partial charge on any atom is -0.465 e. The Labute approximate surface area is 142 Å². The Bertz CT molecular complexity index is 719. The summed E-state index contributed by atoms with van der Waals surface area (Å²) < 4.78 is 29.1. The molecule has 0 aliphatic heterocycles. The van der Waals surface area contributed by atoms with Gasteiger partial charge in [-0.3, -0.25) is 0 Å². The van der Waals surface area contributed by atoms with Crippen molar-refractivity contribution in [2.24, 2.45) is 0 Å². The summed E-state index contributed by atoms with van der Waals surface area (Å²) in [5.41, 5.74) is -2.28. The van der Waals surface area contributed by atoms with Crippen molar-refractivity contribution >= 4 is 34.9 Å². The second kappa shape index (κ2) is 7.81. The van der Waals surface area contributed by atoms with Gasteiger partial charge < -0.3 is 13.8 Å². The quantitative estimate of drug-likeness (QED) is 0.543. The van der Waals surface area contributed by atoms with E-state index in [1.807, 2.05) is 0 Å². The molecule has 23 heavy (non-hydrogen) atoms. The lowest BCUT2D eigenvalue weighted by Gasteiger charge is -2.21. The Balaban J connectivity index is 2.12. The molecule has 4 nitrogen and oxygen atoms in total. The first-order valence-corrected chi connectivity index (χ1v) is 10.9. The number of hydrogen-bond acceptors (Lipinski definition) is 6. The van der Waals surface area contributed by atoms with Gasteiger partial charge in [0.15, 0.2) is 0 Å². The number of benzene rings is 2. The lowest BCUT2D eigenvalue weighted by molar-refractivity contribution is 0.0600. The molecule has 8 heteroatoms. The molecule has 0 radical (unpaired) electrons. The van der Waals surface area contributed by atoms with Crippen molar-refractivity contribution in [3.63, 3.8) is 0 Å². The van der Waals surface area contributed by atoms with E-state index in [4.69, 9.17) is 20.9 Å². The van der Waals surface area contributed by atoms with Gasteiger partial charge in [-0.1, -0.05) is 0 Å². The largest absolute Gasteiger partial charge is 0.465 e. The van der Waals surface area contributed by atoms with Crippen LogP contribution in [-0.2, 0) is 16.5 Å². The average molecular weight is 372 g/mol. The van der Waals surface area contributed by atoms with Crippen LogP contribution in [0.2, 0.25) is 0 Å². The Morgan fingerprint density at radius 2 is 1.52 bits per heavy atom. The van der Waals surface area contributed by atoms with Crippen molar-refractivity contribution < 1.29 is 23.0 Å². The molecule has 0 aliphatic rings. The van der Waals surface area contributed by atoms with E-state index in [0.29, 0.717) is 17.1 Å². The van der Waals surface area contributed by atoms with Crippen LogP contribution in [0.3, 0.4) is 0 Å². The lowest BCUT2D eigenvalue weighted by atomic mass is 10.2. The number of carbonyl (C=O) groups is 1. The van der Waals surface area contributed by atoms with E-state index in [1.165, 1.54) is 42.8 Å². The van der Waals surface area contributed by atoms with Gasteiger partial charge >= 0.3 is 11.7 Å². The maximum Gasteiger partial charge on any atom is 0.348 e. The van der Waals surface area contributed by atoms with Gasteiger partial charge in [0.25, 0.3) is 0 Å². The lowest BCUT2D eigenvalue weighted by Crippen LogP contribution is -2.01. The fourth-order valence-electron chi connectivity index (χ4n) is 1.62. The predicted octanol–water partition coefficient (Wildman–Crippen LogP) is 4.66. The monoisotopic (exact) mass is 372 g/mol. The van der Waals surface area contributed by atoms with E-state index < -0.39 is 11.7 Å². The number of carbonyl (C=O) groups excluding carboxylic acids is 1. The van der Waals surface area contributed by atoms with Crippen LogP contribution in [0, 0.1) is 5.82 Å². The van der Waals surface area contributed by atoms with Gasteiger partial charge in [0.05, 0.1) is 12.7 Å². The first-order valence-electron chi connectivity index (χ1n) is 6.45. The molecule has 0 heterocycles. The summed E-state index contributed by atoms with van der Waals surface area (Å²) in [7, 11) is 1.32. The molecule has 2 aromatic rings. The molecule has 0 aliphatic carbocycles. The van der Waals surface area contributed by atoms with Gasteiger partial charge in [-0.25, -0.2) is 9.18 Å². The number of rotatable bonds is 6. The Morgan fingerprint density at radius 1 is 1.04 bits per heavy atom. The highest BCUT2D eigenvalue weighted by Crippen LogP contribution is 2.58. The zero-order chi connectivity index (χ0) is 16.9. The molecule has 2 aromatic carbocycles. The molecule has 0 N–H and O–H groups in total. The molecule has 0 saturated carbocycles. The summed E-state index contributed by atoms with van der Waals surface area (Å²) in [5.74, 6) is 0.144. The van der Waals surface area contributed by atoms with E-state index in [-0.39, 0.29) is 5.82 Å². The Morgan fingerprint density at radius 3 is 1.96 bits per heavy atom. The fourth-order valence-corrected chi connectivity index (χ4v) is 4.04. The highest BCUT2D eigenvalue weighted by atomic mass is 32.9. The summed E-state index contributed by atoms with van der Waals surface area (Å²) >= 11 is 6.73. The SMILES string of the molecule is COC(=O)c1ccc(OP(=S)(Oc2ccc(F)cc2)SC)cc1. The van der Waals surface area contributed by atoms with E-state index in [2.05, 4.69) is 4.74 Å². The van der Waals surface area contributed by atoms with Crippen molar-refractivity contribution in [2.75, 3.05) is 13.4 Å². The van der Waals surface area contributed by atoms with Crippen LogP contribution in [0.25, 0.3) is 0 Å². The smallest absolute Gasteiger partial charge is 0.348 e. The normalized spacial score (nSPS) is 13.0. The van der Waals surface area contributed by atoms with E-state index in [9.17, 15) is 9.18 Å². The first-order chi connectivity index (χ1) is 11.0. The van der Waals surface area contributed by atoms with E-state index >= 15 is 0 Å². The third kappa shape index (κ3) is 4.96. The summed E-state index contributed by atoms with van der Waals surface area (Å²) in [4.78, 5) is 11.4. The zero-order valence-corrected chi connectivity index (χ0v) is 14.9. The number of methoxy groups -OCH3 is 1. The molecule has 122 valence electrons. The molecular formula is C15H14FO4PS2. The van der Waals surface area contributed by atoms with Crippen LogP contribution in [0.5, 0.6) is 11.5 Å². The number of esters is 1. The molecule has 2 rings (SSSR count). The van der Waals surface area contributed by atoms with Gasteiger partial charge in [0, 0.05) is 0 Å². The highest BCUT2D eigenvalue weighted by Gasteiger charge is 2.21. The third-order valence-corrected chi connectivity index (χ3v) is 7.64. The van der Waals surface area contributed by atoms with Gasteiger partial charge in [-0.05, 0) is 78.0 Å². The predicted molar refractivity (Wildman–Crippen MR) is 93.2 cm³/mol. The van der Waals surface area contributed by atoms with Crippen LogP contribution in [-0.4, -0.2) is 19.3 Å². The van der Waals surface area contributed by atoms with Crippen molar-refractivity contribution in [1.82, 2.24) is 0 Å². The molecule has 1 unspecified atom stereocenters. The van der Waals surface area contributed by atoms with Gasteiger partial charge in [-0.2, -0.15) is 0 Å². The summed E-state index contributed by atoms with van der Waals surface area (Å²) in [6.45, 7) is 0. The number of halogens is 1. The molecule has 0 fully saturated rings. The second-order valence-corrected chi connectivity index (χ2v) is 10.6. The molecule has 0 bridgehead atoms. The molecule has 0 saturated heterocycles. The Kier molecular flexibility index (Phi) is 6.04.